The van der Waals surface area contributed by atoms with Gasteiger partial charge in [-0.25, -0.2) is 0 Å². The van der Waals surface area contributed by atoms with E-state index in [1.807, 2.05) is 24.3 Å². The van der Waals surface area contributed by atoms with Gasteiger partial charge < -0.3 is 16.0 Å². The predicted octanol–water partition coefficient (Wildman–Crippen LogP) is 1.20. The molecule has 1 atom stereocenters. The number of nitrogens with zero attached hydrogens (tertiary/aromatic N) is 1. The molecule has 0 aromatic heterocycles. The Balaban J connectivity index is 1.54. The highest BCUT2D eigenvalue weighted by Gasteiger charge is 2.40. The number of benzene rings is 2. The number of carbonyl (C=O) groups is 4. The lowest BCUT2D eigenvalue weighted by Crippen LogP contribution is -2.52. The van der Waals surface area contributed by atoms with Gasteiger partial charge in [0.25, 0.3) is 11.8 Å². The number of piperidine rings is 1. The molecule has 2 heterocycles. The predicted molar refractivity (Wildman–Crippen MR) is 110 cm³/mol. The van der Waals surface area contributed by atoms with E-state index in [0.717, 1.165) is 12.0 Å². The van der Waals surface area contributed by atoms with E-state index >= 15 is 0 Å². The number of carbonyl (C=O) groups excluding carboxylic acids is 4. The first kappa shape index (κ1) is 19.8. The molecule has 8 nitrogen and oxygen atoms in total. The van der Waals surface area contributed by atoms with E-state index in [4.69, 9.17) is 5.73 Å². The second kappa shape index (κ2) is 8.08. The van der Waals surface area contributed by atoms with Gasteiger partial charge in [-0.3, -0.25) is 24.5 Å². The highest BCUT2D eigenvalue weighted by atomic mass is 16.2. The lowest BCUT2D eigenvalue weighted by Gasteiger charge is -2.29. The molecule has 4 rings (SSSR count). The summed E-state index contributed by atoms with van der Waals surface area (Å²) in [4.78, 5) is 50.8. The van der Waals surface area contributed by atoms with E-state index in [1.165, 1.54) is 4.90 Å². The summed E-state index contributed by atoms with van der Waals surface area (Å²) in [6.07, 6.45) is 1.23. The molecule has 0 aliphatic carbocycles. The van der Waals surface area contributed by atoms with E-state index in [0.29, 0.717) is 28.9 Å². The largest absolute Gasteiger partial charge is 0.330 e. The average Bonchev–Trinajstić information content (AvgIpc) is 3.06. The van der Waals surface area contributed by atoms with E-state index in [2.05, 4.69) is 10.6 Å². The summed E-state index contributed by atoms with van der Waals surface area (Å²) in [5, 5.41) is 5.14. The van der Waals surface area contributed by atoms with Crippen LogP contribution in [0.1, 0.15) is 44.7 Å². The standard InChI is InChI=1S/C22H22N4O4/c23-11-10-13-4-6-14(7-5-13)24-20(28)15-2-1-3-16-17(15)12-26(22(16)30)18-8-9-19(27)25-21(18)29/h1-7,18H,8-12,23H2,(H,24,28)(H,25,27,29). The van der Waals surface area contributed by atoms with E-state index in [-0.39, 0.29) is 37.1 Å². The molecule has 2 aromatic rings. The van der Waals surface area contributed by atoms with Crippen LogP contribution in [0.5, 0.6) is 0 Å². The molecule has 30 heavy (non-hydrogen) atoms. The highest BCUT2D eigenvalue weighted by molar-refractivity contribution is 6.10. The van der Waals surface area contributed by atoms with Gasteiger partial charge in [0.15, 0.2) is 0 Å². The van der Waals surface area contributed by atoms with Crippen molar-refractivity contribution >= 4 is 29.3 Å². The van der Waals surface area contributed by atoms with Crippen molar-refractivity contribution in [2.45, 2.75) is 31.8 Å². The number of rotatable bonds is 5. The Hall–Kier alpha value is -3.52. The Kier molecular flexibility index (Phi) is 5.33. The van der Waals surface area contributed by atoms with Crippen molar-refractivity contribution < 1.29 is 19.2 Å². The van der Waals surface area contributed by atoms with Crippen LogP contribution in [0, 0.1) is 0 Å². The van der Waals surface area contributed by atoms with E-state index < -0.39 is 11.9 Å². The fourth-order valence-electron chi connectivity index (χ4n) is 3.92. The van der Waals surface area contributed by atoms with Crippen molar-refractivity contribution in [1.29, 1.82) is 0 Å². The first-order valence-electron chi connectivity index (χ1n) is 9.85. The van der Waals surface area contributed by atoms with Crippen molar-refractivity contribution in [1.82, 2.24) is 10.2 Å². The van der Waals surface area contributed by atoms with E-state index in [9.17, 15) is 19.2 Å². The van der Waals surface area contributed by atoms with Crippen molar-refractivity contribution in [3.05, 3.63) is 64.7 Å². The molecule has 0 bridgehead atoms. The van der Waals surface area contributed by atoms with Gasteiger partial charge in [-0.2, -0.15) is 0 Å². The second-order valence-corrected chi connectivity index (χ2v) is 7.42. The summed E-state index contributed by atoms with van der Waals surface area (Å²) < 4.78 is 0. The third-order valence-corrected chi connectivity index (χ3v) is 5.47. The first-order chi connectivity index (χ1) is 14.5. The van der Waals surface area contributed by atoms with Gasteiger partial charge >= 0.3 is 0 Å². The van der Waals surface area contributed by atoms with Gasteiger partial charge in [-0.05, 0) is 54.8 Å². The summed E-state index contributed by atoms with van der Waals surface area (Å²) in [5.41, 5.74) is 8.67. The Labute approximate surface area is 173 Å². The maximum absolute atomic E-state index is 12.9. The van der Waals surface area contributed by atoms with Crippen LogP contribution in [0.3, 0.4) is 0 Å². The normalized spacial score (nSPS) is 18.2. The zero-order valence-electron chi connectivity index (χ0n) is 16.3. The molecule has 0 spiro atoms. The van der Waals surface area contributed by atoms with Crippen molar-refractivity contribution in [2.75, 3.05) is 11.9 Å². The quantitative estimate of drug-likeness (QED) is 0.644. The maximum Gasteiger partial charge on any atom is 0.256 e. The molecule has 1 saturated heterocycles. The van der Waals surface area contributed by atoms with Gasteiger partial charge in [-0.15, -0.1) is 0 Å². The molecular weight excluding hydrogens is 384 g/mol. The number of amides is 4. The molecule has 2 aromatic carbocycles. The van der Waals surface area contributed by atoms with Crippen LogP contribution in [0.25, 0.3) is 0 Å². The Morgan fingerprint density at radius 3 is 2.60 bits per heavy atom. The molecule has 0 saturated carbocycles. The van der Waals surface area contributed by atoms with Gasteiger partial charge in [-0.1, -0.05) is 18.2 Å². The fourth-order valence-corrected chi connectivity index (χ4v) is 3.92. The number of imide groups is 1. The Morgan fingerprint density at radius 2 is 1.90 bits per heavy atom. The fraction of sp³-hybridized carbons (Fsp3) is 0.273. The summed E-state index contributed by atoms with van der Waals surface area (Å²) in [6.45, 7) is 0.707. The van der Waals surface area contributed by atoms with Gasteiger partial charge in [0.05, 0.1) is 0 Å². The Bertz CT molecular complexity index is 1030. The molecule has 2 aliphatic rings. The van der Waals surface area contributed by atoms with Crippen molar-refractivity contribution in [2.24, 2.45) is 5.73 Å². The number of fused-ring (bicyclic) bond motifs is 1. The Morgan fingerprint density at radius 1 is 1.13 bits per heavy atom. The molecule has 154 valence electrons. The zero-order valence-corrected chi connectivity index (χ0v) is 16.3. The molecule has 8 heteroatoms. The summed E-state index contributed by atoms with van der Waals surface area (Å²) in [5.74, 6) is -1.44. The first-order valence-corrected chi connectivity index (χ1v) is 9.85. The third-order valence-electron chi connectivity index (χ3n) is 5.47. The van der Waals surface area contributed by atoms with Gasteiger partial charge in [0, 0.05) is 29.8 Å². The van der Waals surface area contributed by atoms with Crippen LogP contribution in [0.2, 0.25) is 0 Å². The van der Waals surface area contributed by atoms with Crippen LogP contribution >= 0.6 is 0 Å². The minimum atomic E-state index is -0.714. The van der Waals surface area contributed by atoms with Gasteiger partial charge in [0.2, 0.25) is 11.8 Å². The molecule has 0 radical (unpaired) electrons. The van der Waals surface area contributed by atoms with Crippen LogP contribution in [-0.4, -0.2) is 41.1 Å². The molecule has 1 fully saturated rings. The molecule has 1 unspecified atom stereocenters. The number of anilines is 1. The number of hydrogen-bond donors (Lipinski definition) is 3. The summed E-state index contributed by atoms with van der Waals surface area (Å²) in [7, 11) is 0. The van der Waals surface area contributed by atoms with Crippen LogP contribution in [0.15, 0.2) is 42.5 Å². The van der Waals surface area contributed by atoms with Crippen LogP contribution in [-0.2, 0) is 22.6 Å². The average molecular weight is 406 g/mol. The van der Waals surface area contributed by atoms with Crippen molar-refractivity contribution in [3.63, 3.8) is 0 Å². The monoisotopic (exact) mass is 406 g/mol. The van der Waals surface area contributed by atoms with Crippen LogP contribution < -0.4 is 16.4 Å². The molecule has 4 amide bonds. The smallest absolute Gasteiger partial charge is 0.256 e. The zero-order chi connectivity index (χ0) is 21.3. The molecule has 2 aliphatic heterocycles. The third kappa shape index (κ3) is 3.69. The lowest BCUT2D eigenvalue weighted by atomic mass is 10.0. The molecule has 4 N–H and O–H groups in total. The van der Waals surface area contributed by atoms with E-state index in [1.54, 1.807) is 18.2 Å². The van der Waals surface area contributed by atoms with Crippen molar-refractivity contribution in [3.8, 4) is 0 Å². The van der Waals surface area contributed by atoms with Crippen LogP contribution in [0.4, 0.5) is 5.69 Å². The maximum atomic E-state index is 12.9. The topological polar surface area (TPSA) is 122 Å². The van der Waals surface area contributed by atoms with Gasteiger partial charge in [0.1, 0.15) is 6.04 Å². The SMILES string of the molecule is NCCc1ccc(NC(=O)c2cccc3c2CN(C2CCC(=O)NC2=O)C3=O)cc1. The minimum absolute atomic E-state index is 0.152. The number of nitrogens with one attached hydrogen (secondary N) is 2. The second-order valence-electron chi connectivity index (χ2n) is 7.42. The summed E-state index contributed by atoms with van der Waals surface area (Å²) in [6, 6.07) is 11.7. The lowest BCUT2D eigenvalue weighted by molar-refractivity contribution is -0.136. The molecular formula is C22H22N4O4. The summed E-state index contributed by atoms with van der Waals surface area (Å²) >= 11 is 0. The minimum Gasteiger partial charge on any atom is -0.330 e. The highest BCUT2D eigenvalue weighted by Crippen LogP contribution is 2.30. The number of hydrogen-bond acceptors (Lipinski definition) is 5. The number of nitrogens with two attached hydrogens (primary N) is 1.